The summed E-state index contributed by atoms with van der Waals surface area (Å²) in [6.07, 6.45) is 4.50. The molecule has 9 heteroatoms. The molecule has 8 nitrogen and oxygen atoms in total. The molecule has 0 saturated heterocycles. The van der Waals surface area contributed by atoms with Crippen LogP contribution in [0.25, 0.3) is 6.08 Å². The molecule has 2 aromatic rings. The van der Waals surface area contributed by atoms with Crippen molar-refractivity contribution >= 4 is 46.6 Å². The van der Waals surface area contributed by atoms with Gasteiger partial charge in [0.15, 0.2) is 5.11 Å². The number of rotatable bonds is 9. The molecule has 0 atom stereocenters. The third-order valence-electron chi connectivity index (χ3n) is 4.41. The molecule has 0 aliphatic rings. The highest BCUT2D eigenvalue weighted by Gasteiger charge is 2.14. The van der Waals surface area contributed by atoms with Crippen molar-refractivity contribution in [2.24, 2.45) is 0 Å². The van der Waals surface area contributed by atoms with E-state index in [1.807, 2.05) is 18.7 Å². The van der Waals surface area contributed by atoms with E-state index in [2.05, 4.69) is 10.6 Å². The summed E-state index contributed by atoms with van der Waals surface area (Å²) in [5.41, 5.74) is 1.69. The Balaban J connectivity index is 1.92. The number of nitrogens with one attached hydrogen (secondary N) is 2. The van der Waals surface area contributed by atoms with E-state index >= 15 is 0 Å². The summed E-state index contributed by atoms with van der Waals surface area (Å²) >= 11 is 5.15. The lowest BCUT2D eigenvalue weighted by Crippen LogP contribution is -2.33. The van der Waals surface area contributed by atoms with Gasteiger partial charge in [0.05, 0.1) is 4.92 Å². The highest BCUT2D eigenvalue weighted by molar-refractivity contribution is 7.80. The summed E-state index contributed by atoms with van der Waals surface area (Å²) in [7, 11) is 0. The minimum Gasteiger partial charge on any atom is -0.339 e. The highest BCUT2D eigenvalue weighted by atomic mass is 32.1. The number of hydrogen-bond acceptors (Lipinski definition) is 5. The van der Waals surface area contributed by atoms with Crippen molar-refractivity contribution in [3.63, 3.8) is 0 Å². The van der Waals surface area contributed by atoms with E-state index in [4.69, 9.17) is 12.2 Å². The Kier molecular flexibility index (Phi) is 9.49. The number of thiocarbonyl (C=S) groups is 1. The van der Waals surface area contributed by atoms with Gasteiger partial charge in [0.1, 0.15) is 0 Å². The fourth-order valence-electron chi connectivity index (χ4n) is 2.96. The first-order valence-corrected chi connectivity index (χ1v) is 10.7. The Morgan fingerprint density at radius 3 is 2.34 bits per heavy atom. The van der Waals surface area contributed by atoms with Crippen LogP contribution in [0.15, 0.2) is 54.6 Å². The SMILES string of the molecule is CCCN(CCC)C(=O)c1ccc(NC(=S)NC(=O)/C=C/c2cccc([N+](=O)[O-])c2)cc1. The van der Waals surface area contributed by atoms with Crippen LogP contribution in [0.3, 0.4) is 0 Å². The first-order valence-electron chi connectivity index (χ1n) is 10.3. The largest absolute Gasteiger partial charge is 0.339 e. The summed E-state index contributed by atoms with van der Waals surface area (Å²) in [4.78, 5) is 36.8. The van der Waals surface area contributed by atoms with Gasteiger partial charge in [-0.1, -0.05) is 26.0 Å². The predicted octanol–water partition coefficient (Wildman–Crippen LogP) is 4.38. The van der Waals surface area contributed by atoms with Crippen LogP contribution in [0, 0.1) is 10.1 Å². The second-order valence-corrected chi connectivity index (χ2v) is 7.41. The van der Waals surface area contributed by atoms with Crippen molar-refractivity contribution in [2.45, 2.75) is 26.7 Å². The van der Waals surface area contributed by atoms with Crippen LogP contribution in [0.1, 0.15) is 42.6 Å². The lowest BCUT2D eigenvalue weighted by molar-refractivity contribution is -0.384. The first kappa shape index (κ1) is 24.7. The molecule has 0 saturated carbocycles. The number of carbonyl (C=O) groups excluding carboxylic acids is 2. The summed E-state index contributed by atoms with van der Waals surface area (Å²) in [5, 5.41) is 16.3. The number of anilines is 1. The molecule has 2 N–H and O–H groups in total. The van der Waals surface area contributed by atoms with Crippen LogP contribution in [0.2, 0.25) is 0 Å². The van der Waals surface area contributed by atoms with Gasteiger partial charge >= 0.3 is 0 Å². The van der Waals surface area contributed by atoms with Crippen molar-refractivity contribution in [1.82, 2.24) is 10.2 Å². The summed E-state index contributed by atoms with van der Waals surface area (Å²) in [6.45, 7) is 5.51. The summed E-state index contributed by atoms with van der Waals surface area (Å²) in [6, 6.07) is 12.8. The molecule has 0 aliphatic carbocycles. The van der Waals surface area contributed by atoms with Crippen molar-refractivity contribution in [3.8, 4) is 0 Å². The van der Waals surface area contributed by atoms with Gasteiger partial charge in [-0.05, 0) is 61.0 Å². The number of carbonyl (C=O) groups is 2. The molecule has 0 heterocycles. The maximum Gasteiger partial charge on any atom is 0.270 e. The van der Waals surface area contributed by atoms with Crippen LogP contribution in [-0.4, -0.2) is 39.8 Å². The molecule has 2 aromatic carbocycles. The second-order valence-electron chi connectivity index (χ2n) is 7.00. The van der Waals surface area contributed by atoms with E-state index in [1.54, 1.807) is 36.4 Å². The number of nitro benzene ring substituents is 1. The van der Waals surface area contributed by atoms with E-state index in [0.29, 0.717) is 29.9 Å². The number of amides is 2. The summed E-state index contributed by atoms with van der Waals surface area (Å²) < 4.78 is 0. The molecule has 32 heavy (non-hydrogen) atoms. The molecular formula is C23H26N4O4S. The molecule has 168 valence electrons. The molecule has 0 aliphatic heterocycles. The maximum absolute atomic E-state index is 12.6. The lowest BCUT2D eigenvalue weighted by atomic mass is 10.1. The average molecular weight is 455 g/mol. The highest BCUT2D eigenvalue weighted by Crippen LogP contribution is 2.14. The van der Waals surface area contributed by atoms with Gasteiger partial charge in [-0.3, -0.25) is 25.0 Å². The van der Waals surface area contributed by atoms with Gasteiger partial charge in [-0.2, -0.15) is 0 Å². The van der Waals surface area contributed by atoms with Crippen molar-refractivity contribution < 1.29 is 14.5 Å². The Morgan fingerprint density at radius 1 is 1.09 bits per heavy atom. The van der Waals surface area contributed by atoms with Gasteiger partial charge in [0.2, 0.25) is 5.91 Å². The molecule has 0 spiro atoms. The second kappa shape index (κ2) is 12.3. The maximum atomic E-state index is 12.6. The van der Waals surface area contributed by atoms with Crippen LogP contribution in [0.5, 0.6) is 0 Å². The normalized spacial score (nSPS) is 10.6. The molecule has 0 aromatic heterocycles. The predicted molar refractivity (Wildman–Crippen MR) is 129 cm³/mol. The Hall–Kier alpha value is -3.59. The van der Waals surface area contributed by atoms with Crippen LogP contribution in [0.4, 0.5) is 11.4 Å². The number of non-ortho nitro benzene ring substituents is 1. The van der Waals surface area contributed by atoms with Crippen LogP contribution in [-0.2, 0) is 4.79 Å². The summed E-state index contributed by atoms with van der Waals surface area (Å²) in [5.74, 6) is -0.488. The Morgan fingerprint density at radius 2 is 1.75 bits per heavy atom. The van der Waals surface area contributed by atoms with Crippen LogP contribution < -0.4 is 10.6 Å². The molecule has 0 fully saturated rings. The lowest BCUT2D eigenvalue weighted by Gasteiger charge is -2.21. The average Bonchev–Trinajstić information content (AvgIpc) is 2.77. The number of nitrogens with zero attached hydrogens (tertiary/aromatic N) is 2. The van der Waals surface area contributed by atoms with Crippen molar-refractivity contribution in [2.75, 3.05) is 18.4 Å². The zero-order valence-electron chi connectivity index (χ0n) is 18.0. The fraction of sp³-hybridized carbons (Fsp3) is 0.261. The number of benzene rings is 2. The van der Waals surface area contributed by atoms with Crippen molar-refractivity contribution in [3.05, 3.63) is 75.8 Å². The number of hydrogen-bond donors (Lipinski definition) is 2. The van der Waals surface area contributed by atoms with Gasteiger partial charge in [-0.15, -0.1) is 0 Å². The third-order valence-corrected chi connectivity index (χ3v) is 4.61. The minimum atomic E-state index is -0.500. The fourth-order valence-corrected chi connectivity index (χ4v) is 3.18. The molecule has 0 bridgehead atoms. The molecular weight excluding hydrogens is 428 g/mol. The minimum absolute atomic E-state index is 0.0117. The van der Waals surface area contributed by atoms with Crippen LogP contribution >= 0.6 is 12.2 Å². The Bertz CT molecular complexity index is 999. The quantitative estimate of drug-likeness (QED) is 0.252. The monoisotopic (exact) mass is 454 g/mol. The zero-order valence-corrected chi connectivity index (χ0v) is 18.9. The van der Waals surface area contributed by atoms with E-state index in [-0.39, 0.29) is 16.7 Å². The van der Waals surface area contributed by atoms with E-state index in [1.165, 1.54) is 24.3 Å². The van der Waals surface area contributed by atoms with Gasteiger partial charge in [0.25, 0.3) is 11.6 Å². The first-order chi connectivity index (χ1) is 15.3. The molecule has 0 radical (unpaired) electrons. The molecule has 2 amide bonds. The zero-order chi connectivity index (χ0) is 23.5. The smallest absolute Gasteiger partial charge is 0.270 e. The van der Waals surface area contributed by atoms with E-state index < -0.39 is 10.8 Å². The van der Waals surface area contributed by atoms with Gasteiger partial charge < -0.3 is 10.2 Å². The van der Waals surface area contributed by atoms with Crippen molar-refractivity contribution in [1.29, 1.82) is 0 Å². The van der Waals surface area contributed by atoms with E-state index in [0.717, 1.165) is 12.8 Å². The third kappa shape index (κ3) is 7.59. The number of nitro groups is 1. The Labute approximate surface area is 192 Å². The van der Waals surface area contributed by atoms with E-state index in [9.17, 15) is 19.7 Å². The standard InChI is InChI=1S/C23H26N4O4S/c1-3-14-26(15-4-2)22(29)18-9-11-19(12-10-18)24-23(32)25-21(28)13-8-17-6-5-7-20(16-17)27(30)31/h5-13,16H,3-4,14-15H2,1-2H3,(H2,24,25,28,32)/b13-8+. The molecule has 0 unspecified atom stereocenters. The van der Waals surface area contributed by atoms with Gasteiger partial charge in [0, 0.05) is 42.5 Å². The molecule has 2 rings (SSSR count). The van der Waals surface area contributed by atoms with Gasteiger partial charge in [-0.25, -0.2) is 0 Å². The topological polar surface area (TPSA) is 105 Å².